The third kappa shape index (κ3) is 1.95. The van der Waals surface area contributed by atoms with Gasteiger partial charge in [-0.3, -0.25) is 4.79 Å². The Morgan fingerprint density at radius 2 is 1.79 bits per heavy atom. The quantitative estimate of drug-likeness (QED) is 0.898. The molecule has 19 heavy (non-hydrogen) atoms. The van der Waals surface area contributed by atoms with Crippen LogP contribution in [0.25, 0.3) is 0 Å². The van der Waals surface area contributed by atoms with Crippen LogP contribution < -0.4 is 4.90 Å². The summed E-state index contributed by atoms with van der Waals surface area (Å²) in [5, 5.41) is 8.90. The van der Waals surface area contributed by atoms with E-state index in [-0.39, 0.29) is 23.4 Å². The smallest absolute Gasteiger partial charge is 0.418 e. The first-order valence-corrected chi connectivity index (χ1v) is 6.03. The largest absolute Gasteiger partial charge is 0.481 e. The molecule has 3 rings (SSSR count). The van der Waals surface area contributed by atoms with E-state index < -0.39 is 17.7 Å². The van der Waals surface area contributed by atoms with Gasteiger partial charge in [-0.25, -0.2) is 0 Å². The fraction of sp³-hybridized carbons (Fsp3) is 0.462. The predicted octanol–water partition coefficient (Wildman–Crippen LogP) is 2.47. The van der Waals surface area contributed by atoms with Crippen LogP contribution >= 0.6 is 0 Å². The summed E-state index contributed by atoms with van der Waals surface area (Å²) < 4.78 is 38.7. The molecule has 2 atom stereocenters. The lowest BCUT2D eigenvalue weighted by Gasteiger charge is -2.25. The molecule has 102 valence electrons. The van der Waals surface area contributed by atoms with Crippen molar-refractivity contribution in [1.29, 1.82) is 0 Å². The van der Waals surface area contributed by atoms with Gasteiger partial charge in [0.05, 0.1) is 11.5 Å². The van der Waals surface area contributed by atoms with Crippen LogP contribution in [-0.2, 0) is 11.0 Å². The molecule has 2 unspecified atom stereocenters. The van der Waals surface area contributed by atoms with Crippen molar-refractivity contribution in [3.05, 3.63) is 29.8 Å². The molecular formula is C13H12F3NO2. The molecular weight excluding hydrogens is 259 g/mol. The van der Waals surface area contributed by atoms with Crippen LogP contribution in [0.5, 0.6) is 0 Å². The molecule has 1 aliphatic carbocycles. The van der Waals surface area contributed by atoms with E-state index in [4.69, 9.17) is 5.11 Å². The highest BCUT2D eigenvalue weighted by Crippen LogP contribution is 2.53. The number of carboxylic acids is 1. The number of para-hydroxylation sites is 1. The standard InChI is InChI=1S/C13H12F3NO2/c14-13(15,16)9-3-1-2-4-10(9)17-5-7-8(6-17)11(7)12(18)19/h1-4,7-8,11H,5-6H2,(H,18,19). The van der Waals surface area contributed by atoms with Crippen molar-refractivity contribution in [3.8, 4) is 0 Å². The summed E-state index contributed by atoms with van der Waals surface area (Å²) in [5.41, 5.74) is -0.491. The fourth-order valence-electron chi connectivity index (χ4n) is 3.08. The number of carbonyl (C=O) groups is 1. The van der Waals surface area contributed by atoms with E-state index in [1.165, 1.54) is 12.1 Å². The lowest BCUT2D eigenvalue weighted by Crippen LogP contribution is -2.28. The number of nitrogens with zero attached hydrogens (tertiary/aromatic N) is 1. The number of anilines is 1. The first kappa shape index (κ1) is 12.3. The lowest BCUT2D eigenvalue weighted by molar-refractivity contribution is -0.139. The number of carboxylic acid groups (broad SMARTS) is 1. The molecule has 2 aliphatic rings. The number of rotatable bonds is 2. The number of piperidine rings is 1. The maximum Gasteiger partial charge on any atom is 0.418 e. The van der Waals surface area contributed by atoms with Gasteiger partial charge in [0, 0.05) is 18.8 Å². The molecule has 0 amide bonds. The Labute approximate surface area is 107 Å². The monoisotopic (exact) mass is 271 g/mol. The zero-order valence-corrected chi connectivity index (χ0v) is 9.89. The Morgan fingerprint density at radius 3 is 2.32 bits per heavy atom. The van der Waals surface area contributed by atoms with Crippen LogP contribution in [0.15, 0.2) is 24.3 Å². The van der Waals surface area contributed by atoms with Crippen LogP contribution in [-0.4, -0.2) is 24.2 Å². The van der Waals surface area contributed by atoms with Gasteiger partial charge in [0.15, 0.2) is 0 Å². The summed E-state index contributed by atoms with van der Waals surface area (Å²) in [4.78, 5) is 12.5. The van der Waals surface area contributed by atoms with Gasteiger partial charge in [0.2, 0.25) is 0 Å². The predicted molar refractivity (Wildman–Crippen MR) is 61.8 cm³/mol. The van der Waals surface area contributed by atoms with Crippen LogP contribution in [0.2, 0.25) is 0 Å². The maximum atomic E-state index is 12.9. The molecule has 3 nitrogen and oxygen atoms in total. The van der Waals surface area contributed by atoms with E-state index in [9.17, 15) is 18.0 Å². The molecule has 1 saturated carbocycles. The number of hydrogen-bond acceptors (Lipinski definition) is 2. The molecule has 1 aromatic carbocycles. The summed E-state index contributed by atoms with van der Waals surface area (Å²) in [7, 11) is 0. The highest BCUT2D eigenvalue weighted by Gasteiger charge is 2.60. The summed E-state index contributed by atoms with van der Waals surface area (Å²) in [6, 6.07) is 5.45. The topological polar surface area (TPSA) is 40.5 Å². The van der Waals surface area contributed by atoms with Gasteiger partial charge in [0.25, 0.3) is 0 Å². The second-order valence-electron chi connectivity index (χ2n) is 5.11. The molecule has 1 heterocycles. The second-order valence-corrected chi connectivity index (χ2v) is 5.11. The number of alkyl halides is 3. The van der Waals surface area contributed by atoms with Gasteiger partial charge < -0.3 is 10.0 Å². The maximum absolute atomic E-state index is 12.9. The fourth-order valence-corrected chi connectivity index (χ4v) is 3.08. The van der Waals surface area contributed by atoms with E-state index in [0.29, 0.717) is 13.1 Å². The minimum absolute atomic E-state index is 0.00112. The van der Waals surface area contributed by atoms with Gasteiger partial charge in [-0.1, -0.05) is 12.1 Å². The van der Waals surface area contributed by atoms with Crippen LogP contribution in [0.3, 0.4) is 0 Å². The molecule has 0 radical (unpaired) electrons. The molecule has 2 fully saturated rings. The number of aliphatic carboxylic acids is 1. The van der Waals surface area contributed by atoms with Gasteiger partial charge >= 0.3 is 12.1 Å². The molecule has 6 heteroatoms. The summed E-state index contributed by atoms with van der Waals surface area (Å²) in [5.74, 6) is -1.20. The zero-order valence-electron chi connectivity index (χ0n) is 9.89. The lowest BCUT2D eigenvalue weighted by atomic mass is 10.1. The van der Waals surface area contributed by atoms with Crippen molar-refractivity contribution in [3.63, 3.8) is 0 Å². The second kappa shape index (κ2) is 3.88. The molecule has 1 aromatic rings. The van der Waals surface area contributed by atoms with E-state index in [1.807, 2.05) is 0 Å². The van der Waals surface area contributed by atoms with Gasteiger partial charge in [-0.2, -0.15) is 13.2 Å². The first-order valence-electron chi connectivity index (χ1n) is 6.03. The van der Waals surface area contributed by atoms with E-state index >= 15 is 0 Å². The molecule has 1 aliphatic heterocycles. The van der Waals surface area contributed by atoms with E-state index in [0.717, 1.165) is 6.07 Å². The van der Waals surface area contributed by atoms with Crippen molar-refractivity contribution in [1.82, 2.24) is 0 Å². The van der Waals surface area contributed by atoms with Crippen LogP contribution in [0, 0.1) is 17.8 Å². The summed E-state index contributed by atoms with van der Waals surface area (Å²) in [6.07, 6.45) is -4.38. The Kier molecular flexibility index (Phi) is 2.52. The molecule has 1 N–H and O–H groups in total. The van der Waals surface area contributed by atoms with Crippen molar-refractivity contribution in [2.75, 3.05) is 18.0 Å². The summed E-state index contributed by atoms with van der Waals surface area (Å²) in [6.45, 7) is 0.795. The number of hydrogen-bond donors (Lipinski definition) is 1. The highest BCUT2D eigenvalue weighted by molar-refractivity contribution is 5.76. The zero-order chi connectivity index (χ0) is 13.8. The summed E-state index contributed by atoms with van der Waals surface area (Å²) >= 11 is 0. The van der Waals surface area contributed by atoms with Gasteiger partial charge in [-0.05, 0) is 24.0 Å². The third-order valence-corrected chi connectivity index (χ3v) is 4.03. The van der Waals surface area contributed by atoms with Crippen molar-refractivity contribution < 1.29 is 23.1 Å². The number of fused-ring (bicyclic) bond motifs is 1. The minimum atomic E-state index is -4.38. The van der Waals surface area contributed by atoms with E-state index in [2.05, 4.69) is 0 Å². The molecule has 1 saturated heterocycles. The highest BCUT2D eigenvalue weighted by atomic mass is 19.4. The first-order chi connectivity index (χ1) is 8.89. The average molecular weight is 271 g/mol. The molecule has 0 spiro atoms. The normalized spacial score (nSPS) is 29.2. The average Bonchev–Trinajstić information content (AvgIpc) is 2.85. The molecule has 0 bridgehead atoms. The van der Waals surface area contributed by atoms with Gasteiger partial charge in [-0.15, -0.1) is 0 Å². The van der Waals surface area contributed by atoms with Gasteiger partial charge in [0.1, 0.15) is 0 Å². The van der Waals surface area contributed by atoms with Crippen molar-refractivity contribution in [2.45, 2.75) is 6.18 Å². The third-order valence-electron chi connectivity index (χ3n) is 4.03. The minimum Gasteiger partial charge on any atom is -0.481 e. The number of benzene rings is 1. The Morgan fingerprint density at radius 1 is 1.21 bits per heavy atom. The molecule has 0 aromatic heterocycles. The Bertz CT molecular complexity index is 517. The Hall–Kier alpha value is -1.72. The van der Waals surface area contributed by atoms with Crippen molar-refractivity contribution >= 4 is 11.7 Å². The Balaban J connectivity index is 1.81. The van der Waals surface area contributed by atoms with Crippen LogP contribution in [0.4, 0.5) is 18.9 Å². The van der Waals surface area contributed by atoms with E-state index in [1.54, 1.807) is 11.0 Å². The van der Waals surface area contributed by atoms with Crippen LogP contribution in [0.1, 0.15) is 5.56 Å². The number of halogens is 3. The SMILES string of the molecule is O=C(O)C1C2CN(c3ccccc3C(F)(F)F)CC21. The van der Waals surface area contributed by atoms with Crippen molar-refractivity contribution in [2.24, 2.45) is 17.8 Å².